The zero-order valence-corrected chi connectivity index (χ0v) is 26.2. The Morgan fingerprint density at radius 3 is 2.31 bits per heavy atom. The number of aromatic hydroxyl groups is 1. The van der Waals surface area contributed by atoms with Crippen LogP contribution in [0, 0.1) is 11.8 Å². The number of Topliss-reactive ketones (excluding diaryl/α,β-unsaturated/α-hetero) is 2. The number of hydrogen-bond donors (Lipinski definition) is 6. The van der Waals surface area contributed by atoms with E-state index in [1.54, 1.807) is 39.2 Å². The number of nitrogens with one attached hydrogen (secondary N) is 2. The predicted molar refractivity (Wildman–Crippen MR) is 164 cm³/mol. The predicted octanol–water partition coefficient (Wildman–Crippen LogP) is 3.12. The number of phenols is 1. The van der Waals surface area contributed by atoms with Gasteiger partial charge in [-0.05, 0) is 68.8 Å². The number of aliphatic hydroxyl groups excluding tert-OH is 2. The molecule has 0 aromatic heterocycles. The van der Waals surface area contributed by atoms with Gasteiger partial charge in [-0.1, -0.05) is 0 Å². The second-order valence-corrected chi connectivity index (χ2v) is 12.3. The number of carbonyl (C=O) groups excluding carboxylic acids is 4. The standard InChI is InChI=1S/C32H33F3N4O9/c1-38(2)21-11-15(12-36-30(46)37-16-5-7-17(8-6-16)48-32(33,34)35)25(41)23-18(21)9-14-10-20-24(39(3)4)26(42)19(13-40)28(44)31(20,47)29(45)22(14)27(23)43/h5-8,11,13-14,20,24,41-42,45,47H,9-10,12H2,1-4H3,(H2,36,37,46)/t14-,20-,24-,31+/m1/s1. The SMILES string of the molecule is CN(C)c1cc(CNC(=O)Nc2ccc(OC(F)(F)F)cc2)c(O)c2c1C[C@@H]1C[C@@H]3[C@@H](N(C)C)C(O)=C(C=O)C(=O)[C@]3(O)C(O)=C1C2=O. The molecular formula is C32H33F3N4O9. The molecular weight excluding hydrogens is 641 g/mol. The van der Waals surface area contributed by atoms with Crippen molar-refractivity contribution in [1.29, 1.82) is 0 Å². The molecule has 256 valence electrons. The van der Waals surface area contributed by atoms with Gasteiger partial charge in [-0.25, -0.2) is 4.79 Å². The van der Waals surface area contributed by atoms with Gasteiger partial charge < -0.3 is 40.7 Å². The van der Waals surface area contributed by atoms with Gasteiger partial charge in [-0.15, -0.1) is 13.2 Å². The van der Waals surface area contributed by atoms with Gasteiger partial charge in [0.25, 0.3) is 0 Å². The Balaban J connectivity index is 1.47. The van der Waals surface area contributed by atoms with E-state index in [0.29, 0.717) is 11.3 Å². The number of benzene rings is 2. The number of nitrogens with zero attached hydrogens (tertiary/aromatic N) is 2. The summed E-state index contributed by atoms with van der Waals surface area (Å²) in [7, 11) is 6.53. The van der Waals surface area contributed by atoms with Gasteiger partial charge in [-0.2, -0.15) is 0 Å². The molecule has 0 saturated carbocycles. The number of urea groups is 1. The van der Waals surface area contributed by atoms with Crippen molar-refractivity contribution in [3.05, 3.63) is 69.7 Å². The molecule has 3 aliphatic rings. The maximum absolute atomic E-state index is 14.1. The van der Waals surface area contributed by atoms with Crippen LogP contribution < -0.4 is 20.3 Å². The van der Waals surface area contributed by atoms with Crippen LogP contribution in [-0.4, -0.2) is 95.4 Å². The molecule has 0 fully saturated rings. The Bertz CT molecular complexity index is 1770. The molecule has 0 aliphatic heterocycles. The van der Waals surface area contributed by atoms with Crippen LogP contribution in [0.15, 0.2) is 53.0 Å². The highest BCUT2D eigenvalue weighted by atomic mass is 19.4. The molecule has 13 nitrogen and oxygen atoms in total. The number of allylic oxidation sites excluding steroid dienone is 1. The summed E-state index contributed by atoms with van der Waals surface area (Å²) in [4.78, 5) is 55.1. The first-order valence-electron chi connectivity index (χ1n) is 14.7. The lowest BCUT2D eigenvalue weighted by Crippen LogP contribution is -2.63. The summed E-state index contributed by atoms with van der Waals surface area (Å²) in [6.45, 7) is -0.315. The van der Waals surface area contributed by atoms with E-state index in [1.165, 1.54) is 17.0 Å². The van der Waals surface area contributed by atoms with E-state index in [0.717, 1.165) is 12.1 Å². The second kappa shape index (κ2) is 12.2. The molecule has 0 saturated heterocycles. The fourth-order valence-corrected chi connectivity index (χ4v) is 6.88. The van der Waals surface area contributed by atoms with E-state index in [4.69, 9.17) is 0 Å². The van der Waals surface area contributed by atoms with E-state index < -0.39 is 76.0 Å². The maximum Gasteiger partial charge on any atom is 0.573 e. The summed E-state index contributed by atoms with van der Waals surface area (Å²) in [5, 5.41) is 50.3. The van der Waals surface area contributed by atoms with E-state index >= 15 is 0 Å². The van der Waals surface area contributed by atoms with Crippen molar-refractivity contribution >= 4 is 35.3 Å². The largest absolute Gasteiger partial charge is 0.573 e. The third-order valence-corrected chi connectivity index (χ3v) is 8.95. The zero-order chi connectivity index (χ0) is 35.5. The first-order valence-corrected chi connectivity index (χ1v) is 14.7. The number of alkyl halides is 3. The molecule has 0 unspecified atom stereocenters. The number of phenolic OH excluding ortho intramolecular Hbond substituents is 1. The first-order chi connectivity index (χ1) is 22.4. The summed E-state index contributed by atoms with van der Waals surface area (Å²) in [5.41, 5.74) is -2.79. The number of amides is 2. The lowest BCUT2D eigenvalue weighted by Gasteiger charge is -2.50. The highest BCUT2D eigenvalue weighted by molar-refractivity contribution is 6.20. The number of carbonyl (C=O) groups is 4. The number of ketones is 2. The monoisotopic (exact) mass is 674 g/mol. The molecule has 0 heterocycles. The van der Waals surface area contributed by atoms with E-state index in [1.807, 2.05) is 0 Å². The number of ether oxygens (including phenoxy) is 1. The van der Waals surface area contributed by atoms with Crippen LogP contribution >= 0.6 is 0 Å². The van der Waals surface area contributed by atoms with Gasteiger partial charge in [0, 0.05) is 49.1 Å². The van der Waals surface area contributed by atoms with Gasteiger partial charge in [0.1, 0.15) is 28.6 Å². The van der Waals surface area contributed by atoms with Crippen LogP contribution in [0.1, 0.15) is 27.9 Å². The van der Waals surface area contributed by atoms with Crippen LogP contribution in [0.3, 0.4) is 0 Å². The topological polar surface area (TPSA) is 189 Å². The molecule has 5 rings (SSSR count). The third kappa shape index (κ3) is 5.70. The highest BCUT2D eigenvalue weighted by Gasteiger charge is 2.62. The smallest absolute Gasteiger partial charge is 0.510 e. The van der Waals surface area contributed by atoms with E-state index in [9.17, 15) is 52.8 Å². The van der Waals surface area contributed by atoms with E-state index in [-0.39, 0.29) is 48.1 Å². The average molecular weight is 675 g/mol. The number of hydrogen-bond acceptors (Lipinski definition) is 11. The van der Waals surface area contributed by atoms with Crippen molar-refractivity contribution in [2.75, 3.05) is 38.4 Å². The van der Waals surface area contributed by atoms with Crippen molar-refractivity contribution in [3.8, 4) is 11.5 Å². The Morgan fingerprint density at radius 2 is 1.75 bits per heavy atom. The van der Waals surface area contributed by atoms with Gasteiger partial charge in [0.2, 0.25) is 5.78 Å². The molecule has 16 heteroatoms. The summed E-state index contributed by atoms with van der Waals surface area (Å²) >= 11 is 0. The minimum Gasteiger partial charge on any atom is -0.510 e. The minimum atomic E-state index is -4.88. The van der Waals surface area contributed by atoms with Crippen molar-refractivity contribution in [2.45, 2.75) is 37.4 Å². The summed E-state index contributed by atoms with van der Waals surface area (Å²) in [6, 6.07) is 4.13. The summed E-state index contributed by atoms with van der Waals surface area (Å²) in [6.07, 6.45) is -4.73. The lowest BCUT2D eigenvalue weighted by molar-refractivity contribution is -0.274. The number of aldehydes is 1. The minimum absolute atomic E-state index is 0.0354. The molecule has 2 aromatic rings. The second-order valence-electron chi connectivity index (χ2n) is 12.3. The molecule has 2 aromatic carbocycles. The van der Waals surface area contributed by atoms with Crippen molar-refractivity contribution in [3.63, 3.8) is 0 Å². The molecule has 48 heavy (non-hydrogen) atoms. The summed E-state index contributed by atoms with van der Waals surface area (Å²) in [5.74, 6) is -6.48. The number of aliphatic hydroxyl groups is 3. The Hall–Kier alpha value is -5.09. The van der Waals surface area contributed by atoms with Crippen LogP contribution in [0.5, 0.6) is 11.5 Å². The van der Waals surface area contributed by atoms with Gasteiger partial charge in [-0.3, -0.25) is 19.3 Å². The van der Waals surface area contributed by atoms with Crippen LogP contribution in [0.2, 0.25) is 0 Å². The van der Waals surface area contributed by atoms with Crippen molar-refractivity contribution in [2.24, 2.45) is 11.8 Å². The number of anilines is 2. The molecule has 3 aliphatic carbocycles. The van der Waals surface area contributed by atoms with Crippen molar-refractivity contribution in [1.82, 2.24) is 10.2 Å². The zero-order valence-electron chi connectivity index (χ0n) is 26.2. The summed E-state index contributed by atoms with van der Waals surface area (Å²) < 4.78 is 41.1. The number of likely N-dealkylation sites (N-methyl/N-ethyl adjacent to an activating group) is 1. The highest BCUT2D eigenvalue weighted by Crippen LogP contribution is 2.53. The Morgan fingerprint density at radius 1 is 1.10 bits per heavy atom. The number of fused-ring (bicyclic) bond motifs is 3. The molecule has 2 amide bonds. The Kier molecular flexibility index (Phi) is 8.69. The molecule has 0 spiro atoms. The first kappa shape index (κ1) is 34.3. The van der Waals surface area contributed by atoms with Crippen LogP contribution in [0.4, 0.5) is 29.3 Å². The van der Waals surface area contributed by atoms with E-state index in [2.05, 4.69) is 15.4 Å². The average Bonchev–Trinajstić information content (AvgIpc) is 2.98. The Labute approximate surface area is 271 Å². The molecule has 6 N–H and O–H groups in total. The third-order valence-electron chi connectivity index (χ3n) is 8.95. The van der Waals surface area contributed by atoms with Gasteiger partial charge in [0.05, 0.1) is 11.6 Å². The van der Waals surface area contributed by atoms with Crippen LogP contribution in [-0.2, 0) is 22.6 Å². The normalized spacial score (nSPS) is 23.7. The van der Waals surface area contributed by atoms with Crippen molar-refractivity contribution < 1.29 is 57.5 Å². The molecule has 0 bridgehead atoms. The molecule has 4 atom stereocenters. The number of rotatable bonds is 7. The lowest BCUT2D eigenvalue weighted by atomic mass is 9.58. The fraction of sp³-hybridized carbons (Fsp3) is 0.375. The van der Waals surface area contributed by atoms with Gasteiger partial charge >= 0.3 is 12.4 Å². The van der Waals surface area contributed by atoms with Crippen LogP contribution in [0.25, 0.3) is 0 Å². The fourth-order valence-electron chi connectivity index (χ4n) is 6.88. The maximum atomic E-state index is 14.1. The van der Waals surface area contributed by atoms with Gasteiger partial charge in [0.15, 0.2) is 17.7 Å². The molecule has 0 radical (unpaired) electrons. The quantitative estimate of drug-likeness (QED) is 0.187. The number of halogens is 3.